The highest BCUT2D eigenvalue weighted by atomic mass is 32.2. The second-order valence-electron chi connectivity index (χ2n) is 4.26. The molecule has 0 atom stereocenters. The van der Waals surface area contributed by atoms with E-state index in [1.165, 1.54) is 31.1 Å². The third-order valence-corrected chi connectivity index (χ3v) is 3.81. The summed E-state index contributed by atoms with van der Waals surface area (Å²) in [4.78, 5) is 12.4. The van der Waals surface area contributed by atoms with Crippen LogP contribution in [0, 0.1) is 5.82 Å². The molecule has 0 unspecified atom stereocenters. The third-order valence-electron chi connectivity index (χ3n) is 2.57. The Morgan fingerprint density at radius 1 is 1.40 bits per heavy atom. The van der Waals surface area contributed by atoms with E-state index in [-0.39, 0.29) is 17.7 Å². The van der Waals surface area contributed by atoms with E-state index < -0.39 is 26.8 Å². The molecule has 0 heterocycles. The number of anilines is 1. The lowest BCUT2D eigenvalue weighted by molar-refractivity contribution is -0.129. The van der Waals surface area contributed by atoms with E-state index in [2.05, 4.69) is 10.8 Å². The number of halogens is 1. The summed E-state index contributed by atoms with van der Waals surface area (Å²) in [5.41, 5.74) is -0.140. The van der Waals surface area contributed by atoms with Crippen LogP contribution in [0.15, 0.2) is 35.2 Å². The predicted molar refractivity (Wildman–Crippen MR) is 73.4 cm³/mol. The molecule has 1 aromatic rings. The van der Waals surface area contributed by atoms with Gasteiger partial charge in [0.2, 0.25) is 0 Å². The summed E-state index contributed by atoms with van der Waals surface area (Å²) in [6, 6.07) is 3.54. The largest absolute Gasteiger partial charge is 0.374 e. The average Bonchev–Trinajstić information content (AvgIpc) is 2.36. The highest BCUT2D eigenvalue weighted by Gasteiger charge is 2.27. The minimum Gasteiger partial charge on any atom is -0.374 e. The zero-order valence-corrected chi connectivity index (χ0v) is 12.3. The Kier molecular flexibility index (Phi) is 4.88. The van der Waals surface area contributed by atoms with E-state index in [4.69, 9.17) is 0 Å². The zero-order valence-electron chi connectivity index (χ0n) is 11.5. The SMILES string of the molecule is C=C(CC)C(=O)OS(=O)(=O)c1cccc(F)c1N(C)C. The van der Waals surface area contributed by atoms with Gasteiger partial charge in [-0.3, -0.25) is 0 Å². The van der Waals surface area contributed by atoms with E-state index in [0.29, 0.717) is 0 Å². The maximum Gasteiger partial charge on any atom is 0.349 e. The number of hydrogen-bond donors (Lipinski definition) is 0. The van der Waals surface area contributed by atoms with Crippen LogP contribution < -0.4 is 4.90 Å². The fraction of sp³-hybridized carbons (Fsp3) is 0.308. The second kappa shape index (κ2) is 6.04. The monoisotopic (exact) mass is 301 g/mol. The van der Waals surface area contributed by atoms with Crippen LogP contribution >= 0.6 is 0 Å². The van der Waals surface area contributed by atoms with Gasteiger partial charge in [0, 0.05) is 19.7 Å². The van der Waals surface area contributed by atoms with Crippen LogP contribution in [0.4, 0.5) is 10.1 Å². The van der Waals surface area contributed by atoms with E-state index in [1.54, 1.807) is 6.92 Å². The number of benzene rings is 1. The summed E-state index contributed by atoms with van der Waals surface area (Å²) < 4.78 is 42.3. The van der Waals surface area contributed by atoms with Crippen molar-refractivity contribution in [2.75, 3.05) is 19.0 Å². The van der Waals surface area contributed by atoms with Crippen LogP contribution in [-0.4, -0.2) is 28.5 Å². The van der Waals surface area contributed by atoms with Gasteiger partial charge in [0.05, 0.1) is 5.69 Å². The first-order valence-corrected chi connectivity index (χ1v) is 7.24. The van der Waals surface area contributed by atoms with Crippen LogP contribution in [0.1, 0.15) is 13.3 Å². The maximum absolute atomic E-state index is 13.7. The Morgan fingerprint density at radius 2 is 2.00 bits per heavy atom. The van der Waals surface area contributed by atoms with Gasteiger partial charge in [0.15, 0.2) is 0 Å². The molecule has 0 N–H and O–H groups in total. The Morgan fingerprint density at radius 3 is 2.50 bits per heavy atom. The normalized spacial score (nSPS) is 11.0. The predicted octanol–water partition coefficient (Wildman–Crippen LogP) is 2.09. The van der Waals surface area contributed by atoms with E-state index in [1.807, 2.05) is 0 Å². The van der Waals surface area contributed by atoms with Crippen molar-refractivity contribution in [1.29, 1.82) is 0 Å². The minimum absolute atomic E-state index is 0.0244. The van der Waals surface area contributed by atoms with Gasteiger partial charge in [0.1, 0.15) is 10.7 Å². The van der Waals surface area contributed by atoms with Gasteiger partial charge in [-0.1, -0.05) is 19.6 Å². The lowest BCUT2D eigenvalue weighted by Crippen LogP contribution is -2.19. The summed E-state index contributed by atoms with van der Waals surface area (Å²) in [6.45, 7) is 5.05. The molecule has 20 heavy (non-hydrogen) atoms. The molecule has 0 aliphatic carbocycles. The van der Waals surface area contributed by atoms with Gasteiger partial charge in [-0.15, -0.1) is 0 Å². The van der Waals surface area contributed by atoms with Gasteiger partial charge in [0.25, 0.3) is 0 Å². The second-order valence-corrected chi connectivity index (χ2v) is 5.78. The molecule has 0 saturated carbocycles. The Balaban J connectivity index is 3.27. The molecule has 0 bridgehead atoms. The number of carbonyl (C=O) groups excluding carboxylic acids is 1. The topological polar surface area (TPSA) is 63.7 Å². The van der Waals surface area contributed by atoms with Crippen molar-refractivity contribution < 1.29 is 21.8 Å². The van der Waals surface area contributed by atoms with Crippen LogP contribution in [0.25, 0.3) is 0 Å². The molecule has 110 valence electrons. The Hall–Kier alpha value is -1.89. The Labute approximate surface area is 117 Å². The van der Waals surface area contributed by atoms with Crippen molar-refractivity contribution in [2.45, 2.75) is 18.2 Å². The fourth-order valence-electron chi connectivity index (χ4n) is 1.48. The molecule has 0 fully saturated rings. The molecule has 0 saturated heterocycles. The zero-order chi connectivity index (χ0) is 15.5. The number of rotatable bonds is 5. The molecule has 0 spiro atoms. The molecule has 1 aromatic carbocycles. The lowest BCUT2D eigenvalue weighted by Gasteiger charge is -2.17. The smallest absolute Gasteiger partial charge is 0.349 e. The summed E-state index contributed by atoms with van der Waals surface area (Å²) in [5.74, 6) is -1.76. The summed E-state index contributed by atoms with van der Waals surface area (Å²) in [7, 11) is -1.42. The Bertz CT molecular complexity index is 638. The first kappa shape index (κ1) is 16.2. The number of para-hydroxylation sites is 1. The lowest BCUT2D eigenvalue weighted by atomic mass is 10.2. The highest BCUT2D eigenvalue weighted by Crippen LogP contribution is 2.28. The molecular formula is C13H16FNO4S. The number of carbonyl (C=O) groups is 1. The van der Waals surface area contributed by atoms with Gasteiger partial charge >= 0.3 is 16.1 Å². The minimum atomic E-state index is -4.40. The van der Waals surface area contributed by atoms with Crippen LogP contribution in [0.2, 0.25) is 0 Å². The fourth-order valence-corrected chi connectivity index (χ4v) is 2.65. The van der Waals surface area contributed by atoms with Gasteiger partial charge in [-0.2, -0.15) is 8.42 Å². The quantitative estimate of drug-likeness (QED) is 0.615. The van der Waals surface area contributed by atoms with Crippen molar-refractivity contribution in [1.82, 2.24) is 0 Å². The van der Waals surface area contributed by atoms with Crippen LogP contribution in [-0.2, 0) is 19.1 Å². The molecule has 0 aliphatic rings. The molecule has 1 rings (SSSR count). The number of hydrogen-bond acceptors (Lipinski definition) is 5. The standard InChI is InChI=1S/C13H16FNO4S/c1-5-9(2)13(16)19-20(17,18)11-8-6-7-10(14)12(11)15(3)4/h6-8H,2,5H2,1,3-4H3. The van der Waals surface area contributed by atoms with Gasteiger partial charge < -0.3 is 9.08 Å². The van der Waals surface area contributed by atoms with Gasteiger partial charge in [-0.25, -0.2) is 9.18 Å². The summed E-state index contributed by atoms with van der Waals surface area (Å²) in [5, 5.41) is 0. The molecule has 0 aliphatic heterocycles. The molecule has 5 nitrogen and oxygen atoms in total. The van der Waals surface area contributed by atoms with E-state index in [9.17, 15) is 17.6 Å². The van der Waals surface area contributed by atoms with Crippen molar-refractivity contribution >= 4 is 21.8 Å². The van der Waals surface area contributed by atoms with Crippen LogP contribution in [0.5, 0.6) is 0 Å². The van der Waals surface area contributed by atoms with Crippen molar-refractivity contribution in [3.63, 3.8) is 0 Å². The van der Waals surface area contributed by atoms with E-state index in [0.717, 1.165) is 6.07 Å². The molecule has 7 heteroatoms. The first-order chi connectivity index (χ1) is 9.20. The van der Waals surface area contributed by atoms with Crippen LogP contribution in [0.3, 0.4) is 0 Å². The molecular weight excluding hydrogens is 285 g/mol. The average molecular weight is 301 g/mol. The van der Waals surface area contributed by atoms with Crippen molar-refractivity contribution in [2.24, 2.45) is 0 Å². The molecule has 0 aromatic heterocycles. The number of nitrogens with zero attached hydrogens (tertiary/aromatic N) is 1. The van der Waals surface area contributed by atoms with E-state index >= 15 is 0 Å². The highest BCUT2D eigenvalue weighted by molar-refractivity contribution is 7.87. The summed E-state index contributed by atoms with van der Waals surface area (Å²) in [6.07, 6.45) is 0.262. The third kappa shape index (κ3) is 3.36. The molecule has 0 amide bonds. The first-order valence-electron chi connectivity index (χ1n) is 5.83. The molecule has 0 radical (unpaired) electrons. The maximum atomic E-state index is 13.7. The van der Waals surface area contributed by atoms with Crippen molar-refractivity contribution in [3.05, 3.63) is 36.2 Å². The summed E-state index contributed by atoms with van der Waals surface area (Å²) >= 11 is 0. The van der Waals surface area contributed by atoms with Crippen molar-refractivity contribution in [3.8, 4) is 0 Å². The van der Waals surface area contributed by atoms with Gasteiger partial charge in [-0.05, 0) is 18.6 Å².